The molecular weight excluding hydrogens is 242 g/mol. The number of ether oxygens (including phenoxy) is 1. The van der Waals surface area contributed by atoms with E-state index in [2.05, 4.69) is 15.4 Å². The largest absolute Gasteiger partial charge is 0.481 e. The number of nitrogens with two attached hydrogens (primary N) is 1. The molecule has 0 amide bonds. The minimum absolute atomic E-state index is 0.122. The molecule has 1 atom stereocenters. The molecule has 2 aromatic heterocycles. The van der Waals surface area contributed by atoms with Crippen LogP contribution < -0.4 is 16.0 Å². The van der Waals surface area contributed by atoms with E-state index in [9.17, 15) is 0 Å². The number of pyridine rings is 1. The average molecular weight is 261 g/mol. The number of nitrogens with one attached hydrogen (secondary N) is 1. The van der Waals surface area contributed by atoms with Gasteiger partial charge in [-0.2, -0.15) is 0 Å². The number of imidazole rings is 1. The van der Waals surface area contributed by atoms with Gasteiger partial charge in [0.25, 0.3) is 0 Å². The van der Waals surface area contributed by atoms with Crippen molar-refractivity contribution in [1.29, 1.82) is 0 Å². The molecule has 102 valence electrons. The van der Waals surface area contributed by atoms with Gasteiger partial charge < -0.3 is 9.30 Å². The van der Waals surface area contributed by atoms with E-state index >= 15 is 0 Å². The SMILES string of the molecule is COc1ccc(CC(Cc2nccn2C)NN)cn1. The zero-order valence-corrected chi connectivity index (χ0v) is 11.2. The van der Waals surface area contributed by atoms with E-state index in [0.29, 0.717) is 5.88 Å². The van der Waals surface area contributed by atoms with Gasteiger partial charge >= 0.3 is 0 Å². The highest BCUT2D eigenvalue weighted by molar-refractivity contribution is 5.18. The van der Waals surface area contributed by atoms with Gasteiger partial charge in [-0.1, -0.05) is 6.07 Å². The number of aromatic nitrogens is 3. The van der Waals surface area contributed by atoms with Crippen LogP contribution in [0.5, 0.6) is 5.88 Å². The standard InChI is InChI=1S/C13H19N5O/c1-18-6-5-15-12(18)8-11(17-14)7-10-3-4-13(19-2)16-9-10/h3-6,9,11,17H,7-8,14H2,1-2H3. The Morgan fingerprint density at radius 2 is 2.21 bits per heavy atom. The highest BCUT2D eigenvalue weighted by Gasteiger charge is 2.12. The highest BCUT2D eigenvalue weighted by atomic mass is 16.5. The molecule has 2 aromatic rings. The van der Waals surface area contributed by atoms with Crippen molar-refractivity contribution in [2.75, 3.05) is 7.11 Å². The first-order chi connectivity index (χ1) is 9.22. The summed E-state index contributed by atoms with van der Waals surface area (Å²) in [6.45, 7) is 0. The Morgan fingerprint density at radius 1 is 1.37 bits per heavy atom. The second-order valence-corrected chi connectivity index (χ2v) is 4.44. The Labute approximate surface area is 112 Å². The van der Waals surface area contributed by atoms with Crippen LogP contribution in [0.2, 0.25) is 0 Å². The maximum Gasteiger partial charge on any atom is 0.212 e. The lowest BCUT2D eigenvalue weighted by Crippen LogP contribution is -2.39. The second-order valence-electron chi connectivity index (χ2n) is 4.44. The van der Waals surface area contributed by atoms with E-state index < -0.39 is 0 Å². The summed E-state index contributed by atoms with van der Waals surface area (Å²) in [5, 5.41) is 0. The molecule has 0 aliphatic rings. The predicted molar refractivity (Wildman–Crippen MR) is 72.5 cm³/mol. The van der Waals surface area contributed by atoms with E-state index in [-0.39, 0.29) is 6.04 Å². The zero-order chi connectivity index (χ0) is 13.7. The number of aryl methyl sites for hydroxylation is 1. The lowest BCUT2D eigenvalue weighted by Gasteiger charge is -2.15. The maximum atomic E-state index is 5.61. The van der Waals surface area contributed by atoms with Crippen molar-refractivity contribution in [3.63, 3.8) is 0 Å². The third-order valence-electron chi connectivity index (χ3n) is 3.07. The predicted octanol–water partition coefficient (Wildman–Crippen LogP) is 0.441. The van der Waals surface area contributed by atoms with Crippen LogP contribution in [-0.4, -0.2) is 27.7 Å². The molecule has 2 heterocycles. The summed E-state index contributed by atoms with van der Waals surface area (Å²) in [6.07, 6.45) is 7.09. The molecule has 0 spiro atoms. The Hall–Kier alpha value is -1.92. The first kappa shape index (κ1) is 13.5. The molecule has 6 heteroatoms. The number of nitrogens with zero attached hydrogens (tertiary/aromatic N) is 3. The van der Waals surface area contributed by atoms with Crippen LogP contribution in [-0.2, 0) is 19.9 Å². The fourth-order valence-corrected chi connectivity index (χ4v) is 1.94. The van der Waals surface area contributed by atoms with Crippen LogP contribution in [0.15, 0.2) is 30.7 Å². The Morgan fingerprint density at radius 3 is 2.74 bits per heavy atom. The van der Waals surface area contributed by atoms with Crippen molar-refractivity contribution in [2.24, 2.45) is 12.9 Å². The van der Waals surface area contributed by atoms with E-state index in [1.54, 1.807) is 13.3 Å². The van der Waals surface area contributed by atoms with Gasteiger partial charge in [-0.25, -0.2) is 9.97 Å². The molecule has 0 fully saturated rings. The molecule has 0 aliphatic carbocycles. The Kier molecular flexibility index (Phi) is 4.48. The zero-order valence-electron chi connectivity index (χ0n) is 11.2. The Bertz CT molecular complexity index is 508. The van der Waals surface area contributed by atoms with Gasteiger partial charge in [0.1, 0.15) is 5.82 Å². The van der Waals surface area contributed by atoms with Crippen LogP contribution in [0.25, 0.3) is 0 Å². The lowest BCUT2D eigenvalue weighted by molar-refractivity contribution is 0.397. The minimum Gasteiger partial charge on any atom is -0.481 e. The third kappa shape index (κ3) is 3.52. The van der Waals surface area contributed by atoms with Gasteiger partial charge in [0, 0.05) is 44.2 Å². The van der Waals surface area contributed by atoms with Gasteiger partial charge in [0.15, 0.2) is 0 Å². The summed E-state index contributed by atoms with van der Waals surface area (Å²) in [5.41, 5.74) is 3.94. The van der Waals surface area contributed by atoms with Crippen molar-refractivity contribution in [3.05, 3.63) is 42.1 Å². The molecule has 0 bridgehead atoms. The van der Waals surface area contributed by atoms with Crippen LogP contribution in [0.4, 0.5) is 0 Å². The number of hydrogen-bond acceptors (Lipinski definition) is 5. The minimum atomic E-state index is 0.122. The topological polar surface area (TPSA) is 78.0 Å². The van der Waals surface area contributed by atoms with E-state index in [1.807, 2.05) is 36.1 Å². The molecule has 2 rings (SSSR count). The van der Waals surface area contributed by atoms with Crippen molar-refractivity contribution in [2.45, 2.75) is 18.9 Å². The first-order valence-electron chi connectivity index (χ1n) is 6.14. The van der Waals surface area contributed by atoms with Gasteiger partial charge in [-0.15, -0.1) is 0 Å². The van der Waals surface area contributed by atoms with Gasteiger partial charge in [-0.3, -0.25) is 11.3 Å². The Balaban J connectivity index is 2.00. The lowest BCUT2D eigenvalue weighted by atomic mass is 10.1. The number of methoxy groups -OCH3 is 1. The summed E-state index contributed by atoms with van der Waals surface area (Å²) < 4.78 is 7.03. The summed E-state index contributed by atoms with van der Waals surface area (Å²) in [5.74, 6) is 7.23. The summed E-state index contributed by atoms with van der Waals surface area (Å²) in [4.78, 5) is 8.49. The van der Waals surface area contributed by atoms with Crippen molar-refractivity contribution < 1.29 is 4.74 Å². The average Bonchev–Trinajstić information content (AvgIpc) is 2.84. The van der Waals surface area contributed by atoms with Gasteiger partial charge in [0.05, 0.1) is 7.11 Å². The molecule has 1 unspecified atom stereocenters. The fourth-order valence-electron chi connectivity index (χ4n) is 1.94. The molecule has 19 heavy (non-hydrogen) atoms. The molecule has 0 radical (unpaired) electrons. The van der Waals surface area contributed by atoms with Crippen molar-refractivity contribution in [3.8, 4) is 5.88 Å². The van der Waals surface area contributed by atoms with Gasteiger partial charge in [0.2, 0.25) is 5.88 Å². The molecular formula is C13H19N5O. The molecule has 3 N–H and O–H groups in total. The van der Waals surface area contributed by atoms with Crippen LogP contribution >= 0.6 is 0 Å². The molecule has 0 aliphatic heterocycles. The normalized spacial score (nSPS) is 12.4. The maximum absolute atomic E-state index is 5.61. The smallest absolute Gasteiger partial charge is 0.212 e. The fraction of sp³-hybridized carbons (Fsp3) is 0.385. The van der Waals surface area contributed by atoms with Gasteiger partial charge in [-0.05, 0) is 12.0 Å². The number of hydrogen-bond donors (Lipinski definition) is 2. The van der Waals surface area contributed by atoms with Crippen LogP contribution in [0, 0.1) is 0 Å². The highest BCUT2D eigenvalue weighted by Crippen LogP contribution is 2.10. The monoisotopic (exact) mass is 261 g/mol. The van der Waals surface area contributed by atoms with E-state index in [0.717, 1.165) is 24.2 Å². The second kappa shape index (κ2) is 6.31. The summed E-state index contributed by atoms with van der Waals surface area (Å²) in [6, 6.07) is 3.97. The molecule has 0 aromatic carbocycles. The molecule has 0 saturated heterocycles. The first-order valence-corrected chi connectivity index (χ1v) is 6.14. The van der Waals surface area contributed by atoms with Crippen LogP contribution in [0.1, 0.15) is 11.4 Å². The summed E-state index contributed by atoms with van der Waals surface area (Å²) in [7, 11) is 3.58. The quantitative estimate of drug-likeness (QED) is 0.583. The number of hydrazine groups is 1. The molecule has 6 nitrogen and oxygen atoms in total. The van der Waals surface area contributed by atoms with Crippen molar-refractivity contribution >= 4 is 0 Å². The van der Waals surface area contributed by atoms with E-state index in [4.69, 9.17) is 10.6 Å². The number of rotatable bonds is 6. The third-order valence-corrected chi connectivity index (χ3v) is 3.07. The van der Waals surface area contributed by atoms with E-state index in [1.165, 1.54) is 0 Å². The summed E-state index contributed by atoms with van der Waals surface area (Å²) >= 11 is 0. The van der Waals surface area contributed by atoms with Crippen molar-refractivity contribution in [1.82, 2.24) is 20.0 Å². The van der Waals surface area contributed by atoms with Crippen LogP contribution in [0.3, 0.4) is 0 Å². The molecule has 0 saturated carbocycles.